The van der Waals surface area contributed by atoms with Crippen LogP contribution in [0.25, 0.3) is 0 Å². The highest BCUT2D eigenvalue weighted by molar-refractivity contribution is 14.0. The summed E-state index contributed by atoms with van der Waals surface area (Å²) in [6.07, 6.45) is 0.830. The van der Waals surface area contributed by atoms with Crippen molar-refractivity contribution in [2.24, 2.45) is 4.99 Å². The third kappa shape index (κ3) is 10.2. The number of nitrogens with one attached hydrogen (secondary N) is 3. The molecule has 0 radical (unpaired) electrons. The number of guanidine groups is 1. The first-order chi connectivity index (χ1) is 13.6. The Labute approximate surface area is 190 Å². The molecule has 0 saturated carbocycles. The number of aryl methyl sites for hydroxylation is 1. The van der Waals surface area contributed by atoms with Crippen LogP contribution in [0, 0.1) is 6.92 Å². The molecule has 0 heterocycles. The maximum atomic E-state index is 11.1. The number of amides is 1. The van der Waals surface area contributed by atoms with Crippen molar-refractivity contribution in [2.75, 3.05) is 31.6 Å². The number of benzene rings is 2. The fourth-order valence-electron chi connectivity index (χ4n) is 2.57. The van der Waals surface area contributed by atoms with E-state index >= 15 is 0 Å². The van der Waals surface area contributed by atoms with Gasteiger partial charge in [-0.1, -0.05) is 29.8 Å². The first-order valence-corrected chi connectivity index (χ1v) is 9.65. The number of anilines is 1. The second-order valence-corrected chi connectivity index (χ2v) is 6.48. The van der Waals surface area contributed by atoms with Gasteiger partial charge in [-0.2, -0.15) is 0 Å². The van der Waals surface area contributed by atoms with Crippen LogP contribution < -0.4 is 20.7 Å². The van der Waals surface area contributed by atoms with E-state index in [4.69, 9.17) is 4.74 Å². The van der Waals surface area contributed by atoms with Gasteiger partial charge in [0, 0.05) is 25.7 Å². The molecule has 7 heteroatoms. The summed E-state index contributed by atoms with van der Waals surface area (Å²) in [6, 6.07) is 15.9. The van der Waals surface area contributed by atoms with Crippen LogP contribution in [0.15, 0.2) is 53.5 Å². The Hall–Kier alpha value is -2.29. The van der Waals surface area contributed by atoms with Gasteiger partial charge in [-0.3, -0.25) is 9.79 Å². The van der Waals surface area contributed by atoms with Crippen molar-refractivity contribution < 1.29 is 9.53 Å². The molecule has 0 unspecified atom stereocenters. The van der Waals surface area contributed by atoms with E-state index in [-0.39, 0.29) is 29.9 Å². The molecule has 1 amide bonds. The van der Waals surface area contributed by atoms with E-state index in [1.807, 2.05) is 55.5 Å². The van der Waals surface area contributed by atoms with Gasteiger partial charge in [-0.25, -0.2) is 0 Å². The smallest absolute Gasteiger partial charge is 0.221 e. The summed E-state index contributed by atoms with van der Waals surface area (Å²) in [5.74, 6) is 1.59. The summed E-state index contributed by atoms with van der Waals surface area (Å²) in [5, 5.41) is 9.30. The largest absolute Gasteiger partial charge is 0.492 e. The highest BCUT2D eigenvalue weighted by atomic mass is 127. The highest BCUT2D eigenvalue weighted by Gasteiger charge is 2.00. The number of nitrogens with zero attached hydrogens (tertiary/aromatic N) is 1. The van der Waals surface area contributed by atoms with Gasteiger partial charge >= 0.3 is 0 Å². The molecule has 0 aromatic heterocycles. The summed E-state index contributed by atoms with van der Waals surface area (Å²) < 4.78 is 5.73. The normalized spacial score (nSPS) is 10.7. The quantitative estimate of drug-likeness (QED) is 0.208. The Morgan fingerprint density at radius 1 is 1.03 bits per heavy atom. The maximum absolute atomic E-state index is 11.1. The average Bonchev–Trinajstić information content (AvgIpc) is 2.67. The van der Waals surface area contributed by atoms with Crippen molar-refractivity contribution in [2.45, 2.75) is 27.2 Å². The van der Waals surface area contributed by atoms with Crippen LogP contribution in [-0.2, 0) is 11.2 Å². The van der Waals surface area contributed by atoms with Crippen LogP contribution in [-0.4, -0.2) is 38.1 Å². The van der Waals surface area contributed by atoms with Crippen molar-refractivity contribution in [1.82, 2.24) is 10.6 Å². The van der Waals surface area contributed by atoms with Gasteiger partial charge in [0.15, 0.2) is 5.96 Å². The second-order valence-electron chi connectivity index (χ2n) is 6.48. The molecule has 0 fully saturated rings. The van der Waals surface area contributed by atoms with E-state index < -0.39 is 0 Å². The lowest BCUT2D eigenvalue weighted by molar-refractivity contribution is -0.114. The topological polar surface area (TPSA) is 74.8 Å². The number of halogens is 1. The summed E-state index contributed by atoms with van der Waals surface area (Å²) in [5.41, 5.74) is 3.21. The Morgan fingerprint density at radius 3 is 2.34 bits per heavy atom. The molecule has 2 rings (SSSR count). The average molecular weight is 510 g/mol. The van der Waals surface area contributed by atoms with Crippen molar-refractivity contribution in [1.29, 1.82) is 0 Å². The number of ether oxygens (including phenoxy) is 1. The van der Waals surface area contributed by atoms with Gasteiger partial charge in [0.05, 0.1) is 6.54 Å². The number of carbonyl (C=O) groups is 1. The molecule has 2 aromatic carbocycles. The number of aliphatic imine (C=N–C) groups is 1. The molecule has 29 heavy (non-hydrogen) atoms. The molecule has 0 aliphatic heterocycles. The van der Waals surface area contributed by atoms with E-state index in [9.17, 15) is 4.79 Å². The third-order valence-electron chi connectivity index (χ3n) is 3.97. The lowest BCUT2D eigenvalue weighted by Crippen LogP contribution is -2.39. The standard InChI is InChI=1S/C22H30N4O2.HI/c1-4-23-22(25-15-16-28-21-11-5-17(2)6-12-21)24-14-13-19-7-9-20(10-8-19)26-18(3)27;/h5-12H,4,13-16H2,1-3H3,(H,26,27)(H2,23,24,25);1H. The fraction of sp³-hybridized carbons (Fsp3) is 0.364. The van der Waals surface area contributed by atoms with Gasteiger partial charge in [0.2, 0.25) is 5.91 Å². The lowest BCUT2D eigenvalue weighted by Gasteiger charge is -2.12. The van der Waals surface area contributed by atoms with E-state index in [0.717, 1.165) is 30.4 Å². The SMILES string of the molecule is CCNC(=NCCc1ccc(NC(C)=O)cc1)NCCOc1ccc(C)cc1.I. The van der Waals surface area contributed by atoms with E-state index in [1.54, 1.807) is 0 Å². The summed E-state index contributed by atoms with van der Waals surface area (Å²) in [6.45, 7) is 8.32. The molecule has 0 aliphatic rings. The molecule has 0 spiro atoms. The van der Waals surface area contributed by atoms with Crippen molar-refractivity contribution in [3.63, 3.8) is 0 Å². The lowest BCUT2D eigenvalue weighted by atomic mass is 10.1. The predicted molar refractivity (Wildman–Crippen MR) is 131 cm³/mol. The first kappa shape index (κ1) is 24.7. The molecule has 0 bridgehead atoms. The first-order valence-electron chi connectivity index (χ1n) is 9.65. The Bertz CT molecular complexity index is 761. The van der Waals surface area contributed by atoms with Gasteiger partial charge in [-0.05, 0) is 50.1 Å². The summed E-state index contributed by atoms with van der Waals surface area (Å²) >= 11 is 0. The molecular formula is C22H31IN4O2. The molecule has 0 aliphatic carbocycles. The predicted octanol–water partition coefficient (Wildman–Crippen LogP) is 3.75. The zero-order valence-electron chi connectivity index (χ0n) is 17.3. The Balaban J connectivity index is 0.00000420. The second kappa shape index (κ2) is 13.8. The summed E-state index contributed by atoms with van der Waals surface area (Å²) in [4.78, 5) is 15.7. The molecular weight excluding hydrogens is 479 g/mol. The van der Waals surface area contributed by atoms with Gasteiger partial charge in [-0.15, -0.1) is 24.0 Å². The Morgan fingerprint density at radius 2 is 1.72 bits per heavy atom. The zero-order valence-corrected chi connectivity index (χ0v) is 19.7. The minimum absolute atomic E-state index is 0. The molecule has 0 atom stereocenters. The van der Waals surface area contributed by atoms with E-state index in [0.29, 0.717) is 19.7 Å². The van der Waals surface area contributed by atoms with Crippen molar-refractivity contribution >= 4 is 41.5 Å². The van der Waals surface area contributed by atoms with E-state index in [2.05, 4.69) is 27.9 Å². The summed E-state index contributed by atoms with van der Waals surface area (Å²) in [7, 11) is 0. The molecule has 0 saturated heterocycles. The molecule has 3 N–H and O–H groups in total. The minimum Gasteiger partial charge on any atom is -0.492 e. The van der Waals surface area contributed by atoms with Crippen LogP contribution in [0.5, 0.6) is 5.75 Å². The molecule has 2 aromatic rings. The Kier molecular flexibility index (Phi) is 11.8. The molecule has 6 nitrogen and oxygen atoms in total. The number of rotatable bonds is 9. The fourth-order valence-corrected chi connectivity index (χ4v) is 2.57. The monoisotopic (exact) mass is 510 g/mol. The maximum Gasteiger partial charge on any atom is 0.221 e. The molecule has 158 valence electrons. The number of hydrogen-bond donors (Lipinski definition) is 3. The van der Waals surface area contributed by atoms with Crippen LogP contribution in [0.1, 0.15) is 25.0 Å². The number of hydrogen-bond acceptors (Lipinski definition) is 3. The highest BCUT2D eigenvalue weighted by Crippen LogP contribution is 2.11. The van der Waals surface area contributed by atoms with Gasteiger partial charge < -0.3 is 20.7 Å². The van der Waals surface area contributed by atoms with Crippen LogP contribution in [0.3, 0.4) is 0 Å². The van der Waals surface area contributed by atoms with Gasteiger partial charge in [0.25, 0.3) is 0 Å². The van der Waals surface area contributed by atoms with Crippen LogP contribution in [0.2, 0.25) is 0 Å². The minimum atomic E-state index is -0.0648. The van der Waals surface area contributed by atoms with Crippen molar-refractivity contribution in [3.05, 3.63) is 59.7 Å². The van der Waals surface area contributed by atoms with E-state index in [1.165, 1.54) is 18.1 Å². The zero-order chi connectivity index (χ0) is 20.2. The number of carbonyl (C=O) groups excluding carboxylic acids is 1. The van der Waals surface area contributed by atoms with Gasteiger partial charge in [0.1, 0.15) is 12.4 Å². The third-order valence-corrected chi connectivity index (χ3v) is 3.97. The van der Waals surface area contributed by atoms with Crippen LogP contribution >= 0.6 is 24.0 Å². The van der Waals surface area contributed by atoms with Crippen molar-refractivity contribution in [3.8, 4) is 5.75 Å². The van der Waals surface area contributed by atoms with Crippen LogP contribution in [0.4, 0.5) is 5.69 Å².